The van der Waals surface area contributed by atoms with Crippen LogP contribution in [0.15, 0.2) is 46.9 Å². The highest BCUT2D eigenvalue weighted by Crippen LogP contribution is 2.35. The lowest BCUT2D eigenvalue weighted by atomic mass is 10.2. The summed E-state index contributed by atoms with van der Waals surface area (Å²) < 4.78 is 7.39. The summed E-state index contributed by atoms with van der Waals surface area (Å²) in [4.78, 5) is 15.3. The van der Waals surface area contributed by atoms with E-state index in [-0.39, 0.29) is 5.56 Å². The Morgan fingerprint density at radius 3 is 2.80 bits per heavy atom. The van der Waals surface area contributed by atoms with Crippen molar-refractivity contribution < 1.29 is 14.6 Å². The molecule has 0 atom stereocenters. The van der Waals surface area contributed by atoms with Crippen LogP contribution in [-0.4, -0.2) is 16.1 Å². The number of hydrogen-bond acceptors (Lipinski definition) is 4. The minimum absolute atomic E-state index is 0.171. The highest BCUT2D eigenvalue weighted by atomic mass is 79.9. The number of halogens is 1. The normalized spacial score (nSPS) is 10.7. The Morgan fingerprint density at radius 1 is 1.25 bits per heavy atom. The van der Waals surface area contributed by atoms with Gasteiger partial charge >= 0.3 is 5.97 Å². The van der Waals surface area contributed by atoms with Gasteiger partial charge in [-0.05, 0) is 46.3 Å². The van der Waals surface area contributed by atoms with Crippen molar-refractivity contribution in [1.29, 1.82) is 0 Å². The number of rotatable bonds is 3. The largest absolute Gasteiger partial charge is 0.478 e. The maximum Gasteiger partial charge on any atom is 0.335 e. The summed E-state index contributed by atoms with van der Waals surface area (Å²) in [6.45, 7) is 0. The number of thiazole rings is 1. The van der Waals surface area contributed by atoms with Crippen LogP contribution in [0.4, 0.5) is 0 Å². The Morgan fingerprint density at radius 2 is 2.05 bits per heavy atom. The molecule has 100 valence electrons. The second kappa shape index (κ2) is 5.22. The third-order valence-corrected chi connectivity index (χ3v) is 4.22. The van der Waals surface area contributed by atoms with Crippen molar-refractivity contribution in [2.24, 2.45) is 0 Å². The summed E-state index contributed by atoms with van der Waals surface area (Å²) in [5, 5.41) is 9.48. The van der Waals surface area contributed by atoms with E-state index in [4.69, 9.17) is 9.84 Å². The fraction of sp³-hybridized carbons (Fsp3) is 0. The van der Waals surface area contributed by atoms with Crippen LogP contribution in [0.25, 0.3) is 10.2 Å². The van der Waals surface area contributed by atoms with E-state index in [0.717, 1.165) is 10.2 Å². The smallest absolute Gasteiger partial charge is 0.335 e. The molecule has 0 aliphatic heterocycles. The van der Waals surface area contributed by atoms with Crippen LogP contribution in [0, 0.1) is 0 Å². The maximum atomic E-state index is 11.0. The minimum Gasteiger partial charge on any atom is -0.478 e. The van der Waals surface area contributed by atoms with Gasteiger partial charge in [0.25, 0.3) is 5.19 Å². The third kappa shape index (κ3) is 2.52. The van der Waals surface area contributed by atoms with Crippen molar-refractivity contribution in [2.75, 3.05) is 0 Å². The predicted molar refractivity (Wildman–Crippen MR) is 80.8 cm³/mol. The van der Waals surface area contributed by atoms with E-state index in [1.54, 1.807) is 6.07 Å². The number of para-hydroxylation sites is 1. The van der Waals surface area contributed by atoms with Gasteiger partial charge in [-0.1, -0.05) is 23.5 Å². The Bertz CT molecular complexity index is 767. The lowest BCUT2D eigenvalue weighted by Gasteiger charge is -2.05. The van der Waals surface area contributed by atoms with E-state index >= 15 is 0 Å². The number of hydrogen-bond donors (Lipinski definition) is 1. The second-order valence-electron chi connectivity index (χ2n) is 4.00. The molecule has 3 rings (SSSR count). The van der Waals surface area contributed by atoms with Crippen LogP contribution in [0.2, 0.25) is 0 Å². The van der Waals surface area contributed by atoms with Crippen LogP contribution < -0.4 is 4.74 Å². The zero-order valence-corrected chi connectivity index (χ0v) is 12.4. The van der Waals surface area contributed by atoms with E-state index in [9.17, 15) is 4.79 Å². The van der Waals surface area contributed by atoms with Gasteiger partial charge < -0.3 is 9.84 Å². The number of fused-ring (bicyclic) bond motifs is 1. The van der Waals surface area contributed by atoms with Gasteiger partial charge in [-0.25, -0.2) is 9.78 Å². The number of ether oxygens (including phenoxy) is 1. The highest BCUT2D eigenvalue weighted by Gasteiger charge is 2.11. The molecule has 0 saturated carbocycles. The number of nitrogens with zero attached hydrogens (tertiary/aromatic N) is 1. The molecule has 0 radical (unpaired) electrons. The zero-order valence-electron chi connectivity index (χ0n) is 10.0. The van der Waals surface area contributed by atoms with Crippen LogP contribution in [-0.2, 0) is 0 Å². The summed E-state index contributed by atoms with van der Waals surface area (Å²) in [7, 11) is 0. The molecule has 20 heavy (non-hydrogen) atoms. The molecule has 6 heteroatoms. The van der Waals surface area contributed by atoms with Crippen molar-refractivity contribution >= 4 is 43.5 Å². The fourth-order valence-corrected chi connectivity index (χ4v) is 2.86. The summed E-state index contributed by atoms with van der Waals surface area (Å²) >= 11 is 4.75. The molecular weight excluding hydrogens is 342 g/mol. The first-order chi connectivity index (χ1) is 9.63. The monoisotopic (exact) mass is 349 g/mol. The van der Waals surface area contributed by atoms with Gasteiger partial charge in [0.15, 0.2) is 0 Å². The molecule has 1 N–H and O–H groups in total. The molecule has 3 aromatic rings. The number of benzene rings is 2. The molecule has 0 aliphatic rings. The van der Waals surface area contributed by atoms with Crippen molar-refractivity contribution in [2.45, 2.75) is 0 Å². The number of aromatic carboxylic acids is 1. The van der Waals surface area contributed by atoms with Crippen molar-refractivity contribution in [3.63, 3.8) is 0 Å². The van der Waals surface area contributed by atoms with E-state index in [2.05, 4.69) is 20.9 Å². The van der Waals surface area contributed by atoms with Gasteiger partial charge in [0.2, 0.25) is 0 Å². The molecule has 0 bridgehead atoms. The number of aromatic nitrogens is 1. The molecule has 1 aromatic heterocycles. The van der Waals surface area contributed by atoms with E-state index < -0.39 is 5.97 Å². The number of carboxylic acid groups (broad SMARTS) is 1. The summed E-state index contributed by atoms with van der Waals surface area (Å²) in [6, 6.07) is 12.3. The van der Waals surface area contributed by atoms with Crippen LogP contribution in [0.5, 0.6) is 10.9 Å². The number of carbonyl (C=O) groups is 1. The lowest BCUT2D eigenvalue weighted by molar-refractivity contribution is 0.0696. The first-order valence-electron chi connectivity index (χ1n) is 5.70. The maximum absolute atomic E-state index is 11.0. The summed E-state index contributed by atoms with van der Waals surface area (Å²) in [5.74, 6) is -0.560. The van der Waals surface area contributed by atoms with Gasteiger partial charge in [0.1, 0.15) is 5.75 Å². The molecule has 0 aliphatic carbocycles. The zero-order chi connectivity index (χ0) is 14.1. The summed E-state index contributed by atoms with van der Waals surface area (Å²) in [6.07, 6.45) is 0. The van der Waals surface area contributed by atoms with Gasteiger partial charge in [-0.2, -0.15) is 0 Å². The quantitative estimate of drug-likeness (QED) is 0.753. The average Bonchev–Trinajstić information content (AvgIpc) is 2.83. The first-order valence-corrected chi connectivity index (χ1v) is 7.31. The topological polar surface area (TPSA) is 59.4 Å². The Labute approximate surface area is 126 Å². The molecule has 0 amide bonds. The van der Waals surface area contributed by atoms with Crippen LogP contribution in [0.3, 0.4) is 0 Å². The molecule has 0 saturated heterocycles. The van der Waals surface area contributed by atoms with Crippen LogP contribution >= 0.6 is 27.3 Å². The standard InChI is InChI=1S/C14H8BrNO3S/c15-9-6-5-8(13(17)18)7-11(9)19-14-16-10-3-1-2-4-12(10)20-14/h1-7H,(H,17,18). The average molecular weight is 350 g/mol. The van der Waals surface area contributed by atoms with Crippen molar-refractivity contribution in [3.05, 3.63) is 52.5 Å². The van der Waals surface area contributed by atoms with Gasteiger partial charge in [-0.15, -0.1) is 0 Å². The molecular formula is C14H8BrNO3S. The third-order valence-electron chi connectivity index (χ3n) is 2.65. The predicted octanol–water partition coefficient (Wildman–Crippen LogP) is 4.55. The molecule has 1 heterocycles. The van der Waals surface area contributed by atoms with E-state index in [0.29, 0.717) is 15.4 Å². The SMILES string of the molecule is O=C(O)c1ccc(Br)c(Oc2nc3ccccc3s2)c1. The lowest BCUT2D eigenvalue weighted by Crippen LogP contribution is -1.96. The Hall–Kier alpha value is -1.92. The summed E-state index contributed by atoms with van der Waals surface area (Å²) in [5.41, 5.74) is 1.03. The number of carboxylic acids is 1. The molecule has 4 nitrogen and oxygen atoms in total. The van der Waals surface area contributed by atoms with E-state index in [1.165, 1.54) is 23.5 Å². The highest BCUT2D eigenvalue weighted by molar-refractivity contribution is 9.10. The van der Waals surface area contributed by atoms with Crippen molar-refractivity contribution in [3.8, 4) is 10.9 Å². The van der Waals surface area contributed by atoms with E-state index in [1.807, 2.05) is 24.3 Å². The molecule has 2 aromatic carbocycles. The second-order valence-corrected chi connectivity index (χ2v) is 5.85. The molecule has 0 fully saturated rings. The Kier molecular flexibility index (Phi) is 3.42. The van der Waals surface area contributed by atoms with Crippen molar-refractivity contribution in [1.82, 2.24) is 4.98 Å². The molecule has 0 unspecified atom stereocenters. The minimum atomic E-state index is -0.994. The van der Waals surface area contributed by atoms with Gasteiger partial charge in [0, 0.05) is 0 Å². The van der Waals surface area contributed by atoms with Crippen LogP contribution in [0.1, 0.15) is 10.4 Å². The fourth-order valence-electron chi connectivity index (χ4n) is 1.70. The first kappa shape index (κ1) is 13.1. The molecule has 0 spiro atoms. The van der Waals surface area contributed by atoms with Gasteiger partial charge in [0.05, 0.1) is 20.3 Å². The van der Waals surface area contributed by atoms with Gasteiger partial charge in [-0.3, -0.25) is 0 Å². The Balaban J connectivity index is 1.97.